The molecule has 0 fully saturated rings. The molecule has 1 aromatic carbocycles. The number of amides is 1. The Morgan fingerprint density at radius 3 is 2.38 bits per heavy atom. The lowest BCUT2D eigenvalue weighted by molar-refractivity contribution is -0.117. The van der Waals surface area contributed by atoms with Crippen LogP contribution in [0.15, 0.2) is 42.5 Å². The van der Waals surface area contributed by atoms with Gasteiger partial charge in [0.15, 0.2) is 0 Å². The standard InChI is InChI=1S/C18H23ClN4O/c1-3-22(4-2)17-7-5-6-15(21-17)13-23(18(24)12-20)16-10-8-14(19)9-11-16/h5-11H,3-4,12-13,20H2,1-2H3. The second-order valence-electron chi connectivity index (χ2n) is 5.32. The summed E-state index contributed by atoms with van der Waals surface area (Å²) >= 11 is 5.93. The van der Waals surface area contributed by atoms with Crippen LogP contribution in [0.25, 0.3) is 0 Å². The van der Waals surface area contributed by atoms with Gasteiger partial charge in [-0.1, -0.05) is 17.7 Å². The molecule has 1 heterocycles. The van der Waals surface area contributed by atoms with E-state index in [4.69, 9.17) is 17.3 Å². The fourth-order valence-electron chi connectivity index (χ4n) is 2.50. The van der Waals surface area contributed by atoms with Crippen LogP contribution in [-0.2, 0) is 11.3 Å². The SMILES string of the molecule is CCN(CC)c1cccc(CN(C(=O)CN)c2ccc(Cl)cc2)n1. The van der Waals surface area contributed by atoms with Crippen LogP contribution in [0.1, 0.15) is 19.5 Å². The van der Waals surface area contributed by atoms with Crippen molar-refractivity contribution in [1.29, 1.82) is 0 Å². The van der Waals surface area contributed by atoms with Crippen LogP contribution in [0, 0.1) is 0 Å². The molecule has 0 unspecified atom stereocenters. The summed E-state index contributed by atoms with van der Waals surface area (Å²) in [6.45, 7) is 6.27. The second-order valence-corrected chi connectivity index (χ2v) is 5.76. The Morgan fingerprint density at radius 1 is 1.12 bits per heavy atom. The van der Waals surface area contributed by atoms with Crippen molar-refractivity contribution in [3.63, 3.8) is 0 Å². The topological polar surface area (TPSA) is 62.5 Å². The van der Waals surface area contributed by atoms with Crippen molar-refractivity contribution < 1.29 is 4.79 Å². The summed E-state index contributed by atoms with van der Waals surface area (Å²) in [6.07, 6.45) is 0. The van der Waals surface area contributed by atoms with Gasteiger partial charge in [-0.25, -0.2) is 4.98 Å². The predicted octanol–water partition coefficient (Wildman–Crippen LogP) is 3.07. The van der Waals surface area contributed by atoms with Crippen LogP contribution >= 0.6 is 11.6 Å². The van der Waals surface area contributed by atoms with Crippen molar-refractivity contribution in [1.82, 2.24) is 4.98 Å². The molecule has 0 aliphatic rings. The Labute approximate surface area is 148 Å². The highest BCUT2D eigenvalue weighted by atomic mass is 35.5. The van der Waals surface area contributed by atoms with Gasteiger partial charge in [0.05, 0.1) is 18.8 Å². The first kappa shape index (κ1) is 18.2. The summed E-state index contributed by atoms with van der Waals surface area (Å²) in [5, 5.41) is 0.626. The maximum Gasteiger partial charge on any atom is 0.241 e. The van der Waals surface area contributed by atoms with Crippen molar-refractivity contribution in [2.75, 3.05) is 29.4 Å². The van der Waals surface area contributed by atoms with Crippen molar-refractivity contribution in [3.8, 4) is 0 Å². The highest BCUT2D eigenvalue weighted by Gasteiger charge is 2.16. The molecule has 2 rings (SSSR count). The summed E-state index contributed by atoms with van der Waals surface area (Å²) < 4.78 is 0. The molecular weight excluding hydrogens is 324 g/mol. The van der Waals surface area contributed by atoms with Gasteiger partial charge in [0, 0.05) is 23.8 Å². The van der Waals surface area contributed by atoms with Crippen molar-refractivity contribution in [2.45, 2.75) is 20.4 Å². The lowest BCUT2D eigenvalue weighted by atomic mass is 10.2. The molecular formula is C18H23ClN4O. The number of anilines is 2. The van der Waals surface area contributed by atoms with Crippen molar-refractivity contribution >= 4 is 29.0 Å². The molecule has 0 atom stereocenters. The minimum Gasteiger partial charge on any atom is -0.357 e. The van der Waals surface area contributed by atoms with Gasteiger partial charge in [-0.2, -0.15) is 0 Å². The van der Waals surface area contributed by atoms with E-state index in [2.05, 4.69) is 23.7 Å². The quantitative estimate of drug-likeness (QED) is 0.836. The third kappa shape index (κ3) is 4.46. The molecule has 0 saturated heterocycles. The number of carbonyl (C=O) groups excluding carboxylic acids is 1. The van der Waals surface area contributed by atoms with E-state index in [9.17, 15) is 4.79 Å². The Hall–Kier alpha value is -2.11. The Morgan fingerprint density at radius 2 is 1.79 bits per heavy atom. The fourth-order valence-corrected chi connectivity index (χ4v) is 2.62. The van der Waals surface area contributed by atoms with E-state index >= 15 is 0 Å². The van der Waals surface area contributed by atoms with Gasteiger partial charge in [-0.3, -0.25) is 4.79 Å². The molecule has 1 aromatic heterocycles. The van der Waals surface area contributed by atoms with E-state index in [0.29, 0.717) is 11.6 Å². The lowest BCUT2D eigenvalue weighted by Crippen LogP contribution is -2.36. The molecule has 2 aromatic rings. The maximum atomic E-state index is 12.3. The van der Waals surface area contributed by atoms with E-state index in [1.165, 1.54) is 0 Å². The zero-order chi connectivity index (χ0) is 17.5. The largest absolute Gasteiger partial charge is 0.357 e. The van der Waals surface area contributed by atoms with Crippen molar-refractivity contribution in [2.24, 2.45) is 5.73 Å². The molecule has 0 spiro atoms. The Balaban J connectivity index is 2.28. The zero-order valence-corrected chi connectivity index (χ0v) is 14.8. The number of halogens is 1. The van der Waals surface area contributed by atoms with Crippen LogP contribution in [-0.4, -0.2) is 30.5 Å². The van der Waals surface area contributed by atoms with Crippen LogP contribution in [0.2, 0.25) is 5.02 Å². The van der Waals surface area contributed by atoms with Gasteiger partial charge < -0.3 is 15.5 Å². The van der Waals surface area contributed by atoms with Gasteiger partial charge in [0.2, 0.25) is 5.91 Å². The zero-order valence-electron chi connectivity index (χ0n) is 14.1. The number of benzene rings is 1. The first-order valence-electron chi connectivity index (χ1n) is 8.05. The second kappa shape index (κ2) is 8.66. The monoisotopic (exact) mass is 346 g/mol. The minimum atomic E-state index is -0.160. The molecule has 6 heteroatoms. The van der Waals surface area contributed by atoms with Gasteiger partial charge in [-0.15, -0.1) is 0 Å². The Kier molecular flexibility index (Phi) is 6.58. The molecule has 0 aliphatic heterocycles. The third-order valence-electron chi connectivity index (χ3n) is 3.81. The van der Waals surface area contributed by atoms with Crippen LogP contribution in [0.4, 0.5) is 11.5 Å². The maximum absolute atomic E-state index is 12.3. The molecule has 1 amide bonds. The van der Waals surface area contributed by atoms with Crippen LogP contribution in [0.3, 0.4) is 0 Å². The van der Waals surface area contributed by atoms with E-state index in [-0.39, 0.29) is 12.5 Å². The van der Waals surface area contributed by atoms with Gasteiger partial charge in [0.25, 0.3) is 0 Å². The average molecular weight is 347 g/mol. The highest BCUT2D eigenvalue weighted by Crippen LogP contribution is 2.21. The molecule has 0 saturated carbocycles. The number of hydrogen-bond donors (Lipinski definition) is 1. The normalized spacial score (nSPS) is 10.5. The number of nitrogens with two attached hydrogens (primary N) is 1. The summed E-state index contributed by atoms with van der Waals surface area (Å²) in [6, 6.07) is 13.0. The lowest BCUT2D eigenvalue weighted by Gasteiger charge is -2.24. The molecule has 0 bridgehead atoms. The van der Waals surface area contributed by atoms with Crippen molar-refractivity contribution in [3.05, 3.63) is 53.2 Å². The highest BCUT2D eigenvalue weighted by molar-refractivity contribution is 6.30. The average Bonchev–Trinajstić information content (AvgIpc) is 2.61. The third-order valence-corrected chi connectivity index (χ3v) is 4.07. The number of aromatic nitrogens is 1. The predicted molar refractivity (Wildman–Crippen MR) is 99.5 cm³/mol. The van der Waals surface area contributed by atoms with E-state index in [1.807, 2.05) is 30.3 Å². The first-order valence-corrected chi connectivity index (χ1v) is 8.43. The molecule has 0 aliphatic carbocycles. The van der Waals surface area contributed by atoms with Gasteiger partial charge >= 0.3 is 0 Å². The summed E-state index contributed by atoms with van der Waals surface area (Å²) in [5.74, 6) is 0.751. The van der Waals surface area contributed by atoms with E-state index in [1.54, 1.807) is 17.0 Å². The number of pyridine rings is 1. The molecule has 5 nitrogen and oxygen atoms in total. The summed E-state index contributed by atoms with van der Waals surface area (Å²) in [7, 11) is 0. The first-order chi connectivity index (χ1) is 11.6. The number of rotatable bonds is 7. The van der Waals surface area contributed by atoms with Gasteiger partial charge in [-0.05, 0) is 50.2 Å². The van der Waals surface area contributed by atoms with Gasteiger partial charge in [0.1, 0.15) is 5.82 Å². The summed E-state index contributed by atoms with van der Waals surface area (Å²) in [4.78, 5) is 20.7. The molecule has 24 heavy (non-hydrogen) atoms. The van der Waals surface area contributed by atoms with Crippen LogP contribution < -0.4 is 15.5 Å². The fraction of sp³-hybridized carbons (Fsp3) is 0.333. The summed E-state index contributed by atoms with van der Waals surface area (Å²) in [5.41, 5.74) is 7.14. The molecule has 128 valence electrons. The Bertz CT molecular complexity index is 671. The minimum absolute atomic E-state index is 0.0572. The van der Waals surface area contributed by atoms with E-state index in [0.717, 1.165) is 30.3 Å². The van der Waals surface area contributed by atoms with Crippen LogP contribution in [0.5, 0.6) is 0 Å². The molecule has 2 N–H and O–H groups in total. The molecule has 0 radical (unpaired) electrons. The smallest absolute Gasteiger partial charge is 0.241 e. The van der Waals surface area contributed by atoms with E-state index < -0.39 is 0 Å². The number of nitrogens with zero attached hydrogens (tertiary/aromatic N) is 3. The number of hydrogen-bond acceptors (Lipinski definition) is 4. The number of carbonyl (C=O) groups is 1.